The van der Waals surface area contributed by atoms with Crippen molar-refractivity contribution in [3.05, 3.63) is 30.7 Å². The summed E-state index contributed by atoms with van der Waals surface area (Å²) in [6.07, 6.45) is 0. The second kappa shape index (κ2) is 1.97. The molecular formula is C7H7NO. The lowest BCUT2D eigenvalue weighted by Gasteiger charge is -1.95. The van der Waals surface area contributed by atoms with Crippen molar-refractivity contribution in [1.29, 1.82) is 0 Å². The molecule has 0 saturated heterocycles. The van der Waals surface area contributed by atoms with Crippen molar-refractivity contribution in [1.82, 2.24) is 0 Å². The van der Waals surface area contributed by atoms with Gasteiger partial charge in [-0.25, -0.2) is 0 Å². The van der Waals surface area contributed by atoms with Gasteiger partial charge in [0.05, 0.1) is 0 Å². The highest BCUT2D eigenvalue weighted by Crippen LogP contribution is 2.17. The molecule has 1 aromatic rings. The minimum absolute atomic E-state index is 0.0695. The Labute approximate surface area is 53.9 Å². The van der Waals surface area contributed by atoms with Crippen molar-refractivity contribution in [2.45, 2.75) is 0 Å². The van der Waals surface area contributed by atoms with Gasteiger partial charge in [-0.15, -0.1) is 0 Å². The summed E-state index contributed by atoms with van der Waals surface area (Å²) in [5.74, 6) is -0.0695. The van der Waals surface area contributed by atoms with Gasteiger partial charge in [-0.05, 0) is 18.6 Å². The summed E-state index contributed by atoms with van der Waals surface area (Å²) in [6, 6.07) is 4.42. The Morgan fingerprint density at radius 1 is 1.44 bits per heavy atom. The maximum absolute atomic E-state index is 10.5. The van der Waals surface area contributed by atoms with Crippen LogP contribution in [0.5, 0.6) is 5.75 Å². The summed E-state index contributed by atoms with van der Waals surface area (Å²) in [5, 5.41) is 10.5. The largest absolute Gasteiger partial charge is 0.398 e. The zero-order valence-electron chi connectivity index (χ0n) is 4.92. The molecule has 0 aliphatic heterocycles. The Hall–Kier alpha value is -1.18. The van der Waals surface area contributed by atoms with Crippen LogP contribution < -0.4 is 5.73 Å². The molecule has 0 aliphatic rings. The van der Waals surface area contributed by atoms with E-state index >= 15 is 0 Å². The third-order valence-electron chi connectivity index (χ3n) is 1.12. The monoisotopic (exact) mass is 121 g/mol. The van der Waals surface area contributed by atoms with E-state index in [1.54, 1.807) is 6.07 Å². The summed E-state index contributed by atoms with van der Waals surface area (Å²) in [5.41, 5.74) is 6.52. The second-order valence-electron chi connectivity index (χ2n) is 1.86. The van der Waals surface area contributed by atoms with Gasteiger partial charge >= 0.3 is 0 Å². The SMILES string of the molecule is [CH2]c1ccc([O])cc1N. The number of hydrogen-bond donors (Lipinski definition) is 1. The van der Waals surface area contributed by atoms with E-state index in [1.165, 1.54) is 12.1 Å². The van der Waals surface area contributed by atoms with Crippen LogP contribution in [0.3, 0.4) is 0 Å². The summed E-state index contributed by atoms with van der Waals surface area (Å²) < 4.78 is 0. The Morgan fingerprint density at radius 2 is 2.11 bits per heavy atom. The fourth-order valence-corrected chi connectivity index (χ4v) is 0.573. The molecule has 9 heavy (non-hydrogen) atoms. The van der Waals surface area contributed by atoms with Crippen LogP contribution in [0.15, 0.2) is 18.2 Å². The molecule has 0 atom stereocenters. The highest BCUT2D eigenvalue weighted by atomic mass is 16.3. The summed E-state index contributed by atoms with van der Waals surface area (Å²) >= 11 is 0. The van der Waals surface area contributed by atoms with Crippen molar-refractivity contribution in [3.8, 4) is 5.75 Å². The first-order valence-corrected chi connectivity index (χ1v) is 2.58. The molecule has 1 rings (SSSR count). The molecular weight excluding hydrogens is 114 g/mol. The number of rotatable bonds is 0. The molecule has 0 saturated carbocycles. The van der Waals surface area contributed by atoms with Crippen LogP contribution in [-0.4, -0.2) is 0 Å². The Balaban J connectivity index is 3.17. The number of anilines is 1. The average molecular weight is 121 g/mol. The van der Waals surface area contributed by atoms with Gasteiger partial charge in [0.25, 0.3) is 0 Å². The van der Waals surface area contributed by atoms with Crippen molar-refractivity contribution in [2.75, 3.05) is 5.73 Å². The molecule has 2 radical (unpaired) electrons. The predicted octanol–water partition coefficient (Wildman–Crippen LogP) is 1.59. The molecule has 0 bridgehead atoms. The molecule has 2 N–H and O–H groups in total. The third-order valence-corrected chi connectivity index (χ3v) is 1.12. The molecule has 0 heterocycles. The van der Waals surface area contributed by atoms with Crippen molar-refractivity contribution < 1.29 is 5.11 Å². The molecule has 0 amide bonds. The van der Waals surface area contributed by atoms with Crippen molar-refractivity contribution in [3.63, 3.8) is 0 Å². The topological polar surface area (TPSA) is 45.9 Å². The highest BCUT2D eigenvalue weighted by molar-refractivity contribution is 5.52. The van der Waals surface area contributed by atoms with E-state index in [0.29, 0.717) is 11.3 Å². The van der Waals surface area contributed by atoms with Crippen LogP contribution in [0.1, 0.15) is 5.56 Å². The average Bonchev–Trinajstić information content (AvgIpc) is 1.80. The van der Waals surface area contributed by atoms with Gasteiger partial charge in [0.1, 0.15) is 0 Å². The highest BCUT2D eigenvalue weighted by Gasteiger charge is 1.93. The second-order valence-corrected chi connectivity index (χ2v) is 1.86. The molecule has 0 aromatic heterocycles. The first-order chi connectivity index (χ1) is 4.20. The van der Waals surface area contributed by atoms with Crippen molar-refractivity contribution in [2.24, 2.45) is 0 Å². The van der Waals surface area contributed by atoms with Crippen molar-refractivity contribution >= 4 is 5.69 Å². The molecule has 2 heteroatoms. The van der Waals surface area contributed by atoms with E-state index in [0.717, 1.165) is 0 Å². The third kappa shape index (κ3) is 1.13. The number of benzene rings is 1. The van der Waals surface area contributed by atoms with Gasteiger partial charge in [0.15, 0.2) is 5.75 Å². The molecule has 0 aliphatic carbocycles. The normalized spacial score (nSPS) is 9.44. The maximum atomic E-state index is 10.5. The van der Waals surface area contributed by atoms with Gasteiger partial charge in [-0.2, -0.15) is 0 Å². The van der Waals surface area contributed by atoms with E-state index < -0.39 is 0 Å². The zero-order valence-corrected chi connectivity index (χ0v) is 4.92. The lowest BCUT2D eigenvalue weighted by molar-refractivity contribution is 0.355. The summed E-state index contributed by atoms with van der Waals surface area (Å²) in [7, 11) is 0. The van der Waals surface area contributed by atoms with Gasteiger partial charge in [0.2, 0.25) is 0 Å². The lowest BCUT2D eigenvalue weighted by atomic mass is 10.2. The Morgan fingerprint density at radius 3 is 2.56 bits per heavy atom. The smallest absolute Gasteiger partial charge is 0.180 e. The number of nitrogen functional groups attached to an aromatic ring is 1. The Bertz CT molecular complexity index is 220. The summed E-state index contributed by atoms with van der Waals surface area (Å²) in [6.45, 7) is 3.60. The number of hydrogen-bond acceptors (Lipinski definition) is 1. The molecule has 0 fully saturated rings. The van der Waals surface area contributed by atoms with Crippen LogP contribution in [-0.2, 0) is 5.11 Å². The van der Waals surface area contributed by atoms with E-state index in [2.05, 4.69) is 6.92 Å². The fourth-order valence-electron chi connectivity index (χ4n) is 0.573. The van der Waals surface area contributed by atoms with Gasteiger partial charge < -0.3 is 5.73 Å². The maximum Gasteiger partial charge on any atom is 0.180 e. The van der Waals surface area contributed by atoms with Gasteiger partial charge in [-0.1, -0.05) is 6.07 Å². The van der Waals surface area contributed by atoms with Crippen LogP contribution >= 0.6 is 0 Å². The zero-order chi connectivity index (χ0) is 6.85. The standard InChI is InChI=1S/C7H7NO/c1-5-2-3-6(9)4-7(5)8/h2-4H,1,8H2. The van der Waals surface area contributed by atoms with Crippen LogP contribution in [0.4, 0.5) is 5.69 Å². The number of nitrogens with two attached hydrogens (primary N) is 1. The molecule has 0 unspecified atom stereocenters. The van der Waals surface area contributed by atoms with Gasteiger partial charge in [0, 0.05) is 11.8 Å². The van der Waals surface area contributed by atoms with Crippen LogP contribution in [0, 0.1) is 6.92 Å². The summed E-state index contributed by atoms with van der Waals surface area (Å²) in [4.78, 5) is 0. The van der Waals surface area contributed by atoms with E-state index in [9.17, 15) is 5.11 Å². The first-order valence-electron chi connectivity index (χ1n) is 2.58. The van der Waals surface area contributed by atoms with E-state index in [4.69, 9.17) is 5.73 Å². The lowest BCUT2D eigenvalue weighted by Crippen LogP contribution is -1.86. The van der Waals surface area contributed by atoms with Crippen LogP contribution in [0.25, 0.3) is 0 Å². The molecule has 2 nitrogen and oxygen atoms in total. The minimum Gasteiger partial charge on any atom is -0.398 e. The molecule has 46 valence electrons. The minimum atomic E-state index is -0.0695. The fraction of sp³-hybridized carbons (Fsp3) is 0. The molecule has 0 spiro atoms. The van der Waals surface area contributed by atoms with E-state index in [1.807, 2.05) is 0 Å². The van der Waals surface area contributed by atoms with Gasteiger partial charge in [-0.3, -0.25) is 5.11 Å². The van der Waals surface area contributed by atoms with Crippen LogP contribution in [0.2, 0.25) is 0 Å². The predicted molar refractivity (Wildman–Crippen MR) is 35.4 cm³/mol. The Kier molecular flexibility index (Phi) is 1.30. The molecule has 1 aromatic carbocycles. The van der Waals surface area contributed by atoms with E-state index in [-0.39, 0.29) is 5.75 Å². The quantitative estimate of drug-likeness (QED) is 0.520. The first kappa shape index (κ1) is 5.95.